The van der Waals surface area contributed by atoms with Crippen molar-refractivity contribution in [3.63, 3.8) is 0 Å². The summed E-state index contributed by atoms with van der Waals surface area (Å²) in [6, 6.07) is 2.74. The summed E-state index contributed by atoms with van der Waals surface area (Å²) in [6.45, 7) is 9.74. The molecule has 5 heteroatoms. The third-order valence-electron chi connectivity index (χ3n) is 3.58. The molecule has 1 rings (SSSR count). The number of unbranched alkanes of at least 4 members (excludes halogenated alkanes) is 2. The van der Waals surface area contributed by atoms with Gasteiger partial charge >= 0.3 is 0 Å². The molecule has 0 bridgehead atoms. The topological polar surface area (TPSA) is 32.7 Å². The van der Waals surface area contributed by atoms with Gasteiger partial charge in [0.25, 0.3) is 0 Å². The van der Waals surface area contributed by atoms with Crippen LogP contribution in [0.2, 0.25) is 38.3 Å². The van der Waals surface area contributed by atoms with Crippen LogP contribution in [-0.2, 0) is 4.79 Å². The maximum Gasteiger partial charge on any atom is 0.161 e. The first kappa shape index (κ1) is 14.6. The van der Waals surface area contributed by atoms with Gasteiger partial charge < -0.3 is 9.13 Å². The third kappa shape index (κ3) is 4.06. The first-order valence-corrected chi connectivity index (χ1v) is 13.0. The summed E-state index contributed by atoms with van der Waals surface area (Å²) in [7, 11) is -2.59. The van der Waals surface area contributed by atoms with Crippen LogP contribution < -0.4 is 0 Å². The van der Waals surface area contributed by atoms with Gasteiger partial charge in [-0.15, -0.1) is 0 Å². The average Bonchev–Trinajstić information content (AvgIpc) is 2.20. The van der Waals surface area contributed by atoms with Crippen molar-refractivity contribution in [1.82, 2.24) is 4.34 Å². The van der Waals surface area contributed by atoms with Crippen LogP contribution in [0.3, 0.4) is 0 Å². The van der Waals surface area contributed by atoms with E-state index in [1.54, 1.807) is 0 Å². The molecule has 98 valence electrons. The number of hydrogen-bond acceptors (Lipinski definition) is 3. The van der Waals surface area contributed by atoms with Crippen molar-refractivity contribution in [2.75, 3.05) is 0 Å². The maximum atomic E-state index is 10.2. The molecular weight excluding hydrogens is 244 g/mol. The number of hydrogen-bond donors (Lipinski definition) is 0. The first-order valence-electron chi connectivity index (χ1n) is 6.66. The molecule has 3 nitrogen and oxygen atoms in total. The maximum absolute atomic E-state index is 10.2. The molecule has 0 aliphatic carbocycles. The van der Waals surface area contributed by atoms with Crippen molar-refractivity contribution in [3.8, 4) is 0 Å². The zero-order chi connectivity index (χ0) is 12.9. The standard InChI is InChI=1S/C12H26N2OSi2/c1-16(2)11-8-12-17(3,4)14(16)13-9-6-5-7-10-15/h9-10H,5-8,11-12H2,1-4H3. The van der Waals surface area contributed by atoms with Crippen molar-refractivity contribution in [2.45, 2.75) is 64.0 Å². The highest BCUT2D eigenvalue weighted by molar-refractivity contribution is 6.91. The molecule has 0 spiro atoms. The van der Waals surface area contributed by atoms with Crippen LogP contribution in [0, 0.1) is 0 Å². The van der Waals surface area contributed by atoms with Crippen LogP contribution in [0.15, 0.2) is 5.10 Å². The average molecular weight is 271 g/mol. The normalized spacial score (nSPS) is 22.9. The van der Waals surface area contributed by atoms with E-state index in [2.05, 4.69) is 30.5 Å². The van der Waals surface area contributed by atoms with Crippen molar-refractivity contribution in [3.05, 3.63) is 0 Å². The highest BCUT2D eigenvalue weighted by Crippen LogP contribution is 2.34. The van der Waals surface area contributed by atoms with E-state index in [4.69, 9.17) is 5.10 Å². The van der Waals surface area contributed by atoms with Gasteiger partial charge in [-0.3, -0.25) is 0 Å². The van der Waals surface area contributed by atoms with E-state index < -0.39 is 16.5 Å². The summed E-state index contributed by atoms with van der Waals surface area (Å²) in [5.74, 6) is 0. The predicted octanol–water partition coefficient (Wildman–Crippen LogP) is 3.46. The second-order valence-electron chi connectivity index (χ2n) is 6.19. The first-order chi connectivity index (χ1) is 7.90. The molecule has 0 aromatic heterocycles. The Balaban J connectivity index is 2.60. The van der Waals surface area contributed by atoms with Crippen molar-refractivity contribution in [2.24, 2.45) is 5.10 Å². The van der Waals surface area contributed by atoms with Gasteiger partial charge in [-0.05, 0) is 24.9 Å². The number of hydrazone groups is 1. The molecule has 1 heterocycles. The smallest absolute Gasteiger partial charge is 0.161 e. The van der Waals surface area contributed by atoms with E-state index in [0.717, 1.165) is 19.1 Å². The van der Waals surface area contributed by atoms with Crippen LogP contribution in [0.5, 0.6) is 0 Å². The minimum atomic E-state index is -1.30. The molecule has 0 unspecified atom stereocenters. The molecule has 0 aromatic carbocycles. The van der Waals surface area contributed by atoms with Crippen LogP contribution in [0.1, 0.15) is 25.7 Å². The summed E-state index contributed by atoms with van der Waals surface area (Å²) in [6.07, 6.45) is 6.96. The van der Waals surface area contributed by atoms with E-state index in [9.17, 15) is 4.79 Å². The summed E-state index contributed by atoms with van der Waals surface area (Å²) in [5.41, 5.74) is 0. The van der Waals surface area contributed by atoms with E-state index in [-0.39, 0.29) is 0 Å². The fourth-order valence-corrected chi connectivity index (χ4v) is 13.6. The van der Waals surface area contributed by atoms with Gasteiger partial charge in [-0.25, -0.2) is 5.10 Å². The molecule has 1 saturated heterocycles. The molecule has 1 fully saturated rings. The minimum absolute atomic E-state index is 0.660. The zero-order valence-electron chi connectivity index (χ0n) is 11.7. The molecule has 0 amide bonds. The Labute approximate surface area is 107 Å². The number of nitrogens with zero attached hydrogens (tertiary/aromatic N) is 2. The number of aldehydes is 1. The second kappa shape index (κ2) is 5.95. The summed E-state index contributed by atoms with van der Waals surface area (Å²) in [4.78, 5) is 10.2. The largest absolute Gasteiger partial charge is 0.350 e. The fraction of sp³-hybridized carbons (Fsp3) is 0.833. The van der Waals surface area contributed by atoms with Crippen LogP contribution >= 0.6 is 0 Å². The summed E-state index contributed by atoms with van der Waals surface area (Å²) in [5, 5.41) is 4.78. The minimum Gasteiger partial charge on any atom is -0.350 e. The highest BCUT2D eigenvalue weighted by atomic mass is 28.4. The Kier molecular flexibility index (Phi) is 5.12. The molecule has 1 aliphatic heterocycles. The van der Waals surface area contributed by atoms with E-state index in [1.165, 1.54) is 18.5 Å². The van der Waals surface area contributed by atoms with Gasteiger partial charge in [0.15, 0.2) is 16.5 Å². The lowest BCUT2D eigenvalue weighted by atomic mass is 10.3. The molecule has 0 aromatic rings. The summed E-state index contributed by atoms with van der Waals surface area (Å²) < 4.78 is 2.53. The highest BCUT2D eigenvalue weighted by Gasteiger charge is 2.43. The summed E-state index contributed by atoms with van der Waals surface area (Å²) >= 11 is 0. The van der Waals surface area contributed by atoms with Gasteiger partial charge in [0.05, 0.1) is 0 Å². The Hall–Kier alpha value is -0.426. The van der Waals surface area contributed by atoms with Gasteiger partial charge in [0.2, 0.25) is 0 Å². The number of carbonyl (C=O) groups excluding carboxylic acids is 1. The molecule has 1 aliphatic rings. The molecule has 0 N–H and O–H groups in total. The van der Waals surface area contributed by atoms with E-state index in [0.29, 0.717) is 6.42 Å². The van der Waals surface area contributed by atoms with Crippen LogP contribution in [0.25, 0.3) is 0 Å². The van der Waals surface area contributed by atoms with Gasteiger partial charge in [-0.1, -0.05) is 32.6 Å². The fourth-order valence-electron chi connectivity index (χ4n) is 2.73. The molecule has 0 atom stereocenters. The SMILES string of the molecule is C[Si]1(C)CCC[Si](C)(C)N1N=CCCCC=O. The Morgan fingerprint density at radius 1 is 1.12 bits per heavy atom. The van der Waals surface area contributed by atoms with Crippen molar-refractivity contribution >= 4 is 29.0 Å². The van der Waals surface area contributed by atoms with Gasteiger partial charge in [-0.2, -0.15) is 0 Å². The Bertz CT molecular complexity index is 274. The predicted molar refractivity (Wildman–Crippen MR) is 79.4 cm³/mol. The lowest BCUT2D eigenvalue weighted by Crippen LogP contribution is -2.61. The lowest BCUT2D eigenvalue weighted by Gasteiger charge is -2.49. The molecular formula is C12H26N2OSi2. The molecule has 17 heavy (non-hydrogen) atoms. The van der Waals surface area contributed by atoms with Crippen molar-refractivity contribution in [1.29, 1.82) is 0 Å². The van der Waals surface area contributed by atoms with Gasteiger partial charge in [0, 0.05) is 12.6 Å². The zero-order valence-corrected chi connectivity index (χ0v) is 13.7. The van der Waals surface area contributed by atoms with E-state index in [1.807, 2.05) is 6.21 Å². The van der Waals surface area contributed by atoms with Crippen molar-refractivity contribution < 1.29 is 4.79 Å². The monoisotopic (exact) mass is 270 g/mol. The number of carbonyl (C=O) groups is 1. The van der Waals surface area contributed by atoms with Gasteiger partial charge in [0.1, 0.15) is 6.29 Å². The quantitative estimate of drug-likeness (QED) is 0.332. The Morgan fingerprint density at radius 3 is 2.24 bits per heavy atom. The van der Waals surface area contributed by atoms with E-state index >= 15 is 0 Å². The lowest BCUT2D eigenvalue weighted by molar-refractivity contribution is -0.107. The second-order valence-corrected chi connectivity index (χ2v) is 15.7. The Morgan fingerprint density at radius 2 is 1.71 bits per heavy atom. The van der Waals surface area contributed by atoms with Crippen LogP contribution in [-0.4, -0.2) is 33.3 Å². The molecule has 0 saturated carbocycles. The van der Waals surface area contributed by atoms with Crippen LogP contribution in [0.4, 0.5) is 0 Å². The number of rotatable bonds is 5. The third-order valence-corrected chi connectivity index (χ3v) is 12.9. The molecule has 0 radical (unpaired) electrons.